The van der Waals surface area contributed by atoms with E-state index in [4.69, 9.17) is 0 Å². The van der Waals surface area contributed by atoms with Crippen molar-refractivity contribution in [3.05, 3.63) is 58.3 Å². The van der Waals surface area contributed by atoms with Crippen LogP contribution in [0.4, 0.5) is 0 Å². The van der Waals surface area contributed by atoms with E-state index in [0.29, 0.717) is 13.0 Å². The van der Waals surface area contributed by atoms with E-state index in [2.05, 4.69) is 9.44 Å². The molecule has 0 saturated heterocycles. The second kappa shape index (κ2) is 6.99. The van der Waals surface area contributed by atoms with Crippen LogP contribution in [0, 0.1) is 0 Å². The smallest absolute Gasteiger partial charge is 0.199 e. The van der Waals surface area contributed by atoms with Crippen molar-refractivity contribution in [3.63, 3.8) is 0 Å². The number of benzene rings is 1. The van der Waals surface area contributed by atoms with Crippen LogP contribution < -0.4 is 9.44 Å². The van der Waals surface area contributed by atoms with Gasteiger partial charge in [-0.3, -0.25) is 0 Å². The molecule has 1 aromatic heterocycles. The van der Waals surface area contributed by atoms with E-state index in [9.17, 15) is 8.42 Å². The SMILES string of the molecule is C[C@H](Cc1cccs1)NS(=O)(=O)NCc1ccccc1. The van der Waals surface area contributed by atoms with Crippen LogP contribution in [0.2, 0.25) is 0 Å². The molecule has 1 atom stereocenters. The van der Waals surface area contributed by atoms with E-state index >= 15 is 0 Å². The summed E-state index contributed by atoms with van der Waals surface area (Å²) in [5.41, 5.74) is 0.934. The summed E-state index contributed by atoms with van der Waals surface area (Å²) < 4.78 is 29.0. The van der Waals surface area contributed by atoms with Crippen LogP contribution in [0.3, 0.4) is 0 Å². The Morgan fingerprint density at radius 3 is 2.55 bits per heavy atom. The Morgan fingerprint density at radius 2 is 1.90 bits per heavy atom. The average Bonchev–Trinajstić information content (AvgIpc) is 2.90. The fourth-order valence-corrected chi connectivity index (χ4v) is 3.74. The van der Waals surface area contributed by atoms with Gasteiger partial charge in [-0.05, 0) is 30.4 Å². The van der Waals surface area contributed by atoms with Gasteiger partial charge in [0.05, 0.1) is 0 Å². The molecule has 0 amide bonds. The highest BCUT2D eigenvalue weighted by Gasteiger charge is 2.14. The summed E-state index contributed by atoms with van der Waals surface area (Å²) in [6.07, 6.45) is 0.698. The Hall–Kier alpha value is -1.21. The lowest BCUT2D eigenvalue weighted by Gasteiger charge is -2.14. The van der Waals surface area contributed by atoms with Crippen molar-refractivity contribution < 1.29 is 8.42 Å². The highest BCUT2D eigenvalue weighted by atomic mass is 32.2. The van der Waals surface area contributed by atoms with Gasteiger partial charge in [-0.25, -0.2) is 0 Å². The number of hydrogen-bond acceptors (Lipinski definition) is 3. The lowest BCUT2D eigenvalue weighted by atomic mass is 10.2. The zero-order valence-corrected chi connectivity index (χ0v) is 12.9. The molecular weight excluding hydrogens is 292 g/mol. The van der Waals surface area contributed by atoms with Crippen LogP contribution in [0.5, 0.6) is 0 Å². The number of nitrogens with one attached hydrogen (secondary N) is 2. The lowest BCUT2D eigenvalue weighted by molar-refractivity contribution is 0.546. The van der Waals surface area contributed by atoms with Crippen molar-refractivity contribution in [3.8, 4) is 0 Å². The maximum Gasteiger partial charge on any atom is 0.277 e. The fourth-order valence-electron chi connectivity index (χ4n) is 1.85. The van der Waals surface area contributed by atoms with E-state index in [1.807, 2.05) is 54.8 Å². The van der Waals surface area contributed by atoms with E-state index in [0.717, 1.165) is 5.56 Å². The first-order chi connectivity index (χ1) is 9.55. The van der Waals surface area contributed by atoms with Gasteiger partial charge in [-0.1, -0.05) is 36.4 Å². The molecule has 0 saturated carbocycles. The average molecular weight is 310 g/mol. The summed E-state index contributed by atoms with van der Waals surface area (Å²) in [4.78, 5) is 1.17. The van der Waals surface area contributed by atoms with E-state index < -0.39 is 10.2 Å². The maximum atomic E-state index is 11.9. The van der Waals surface area contributed by atoms with Crippen molar-refractivity contribution in [2.45, 2.75) is 25.9 Å². The van der Waals surface area contributed by atoms with Gasteiger partial charge >= 0.3 is 0 Å². The molecule has 108 valence electrons. The minimum Gasteiger partial charge on any atom is -0.199 e. The molecular formula is C14H18N2O2S2. The van der Waals surface area contributed by atoms with Gasteiger partial charge in [0.1, 0.15) is 0 Å². The van der Waals surface area contributed by atoms with Crippen LogP contribution in [-0.2, 0) is 23.2 Å². The molecule has 6 heteroatoms. The Labute approximate surface area is 124 Å². The molecule has 0 radical (unpaired) electrons. The second-order valence-electron chi connectivity index (χ2n) is 4.61. The van der Waals surface area contributed by atoms with Crippen molar-refractivity contribution in [2.75, 3.05) is 0 Å². The van der Waals surface area contributed by atoms with Gasteiger partial charge < -0.3 is 0 Å². The molecule has 2 N–H and O–H groups in total. The van der Waals surface area contributed by atoms with Crippen LogP contribution in [0.1, 0.15) is 17.4 Å². The molecule has 0 unspecified atom stereocenters. The fraction of sp³-hybridized carbons (Fsp3) is 0.286. The molecule has 2 rings (SSSR count). The highest BCUT2D eigenvalue weighted by molar-refractivity contribution is 7.87. The minimum absolute atomic E-state index is 0.137. The first-order valence-electron chi connectivity index (χ1n) is 6.38. The monoisotopic (exact) mass is 310 g/mol. The summed E-state index contributed by atoms with van der Waals surface area (Å²) in [6.45, 7) is 2.16. The third-order valence-corrected chi connectivity index (χ3v) is 4.89. The minimum atomic E-state index is -3.48. The van der Waals surface area contributed by atoms with Crippen LogP contribution >= 0.6 is 11.3 Å². The molecule has 1 aromatic carbocycles. The van der Waals surface area contributed by atoms with Crippen molar-refractivity contribution in [2.24, 2.45) is 0 Å². The first-order valence-corrected chi connectivity index (χ1v) is 8.75. The summed E-state index contributed by atoms with van der Waals surface area (Å²) in [7, 11) is -3.48. The Balaban J connectivity index is 1.84. The Morgan fingerprint density at radius 1 is 1.15 bits per heavy atom. The van der Waals surface area contributed by atoms with E-state index in [-0.39, 0.29) is 6.04 Å². The normalized spacial score (nSPS) is 13.2. The largest absolute Gasteiger partial charge is 0.277 e. The van der Waals surface area contributed by atoms with Gasteiger partial charge in [-0.15, -0.1) is 11.3 Å². The molecule has 0 bridgehead atoms. The quantitative estimate of drug-likeness (QED) is 0.824. The summed E-state index contributed by atoms with van der Waals surface area (Å²) >= 11 is 1.63. The van der Waals surface area contributed by atoms with E-state index in [1.54, 1.807) is 11.3 Å². The highest BCUT2D eigenvalue weighted by Crippen LogP contribution is 2.11. The summed E-state index contributed by atoms with van der Waals surface area (Å²) in [5, 5.41) is 1.99. The number of rotatable bonds is 7. The van der Waals surface area contributed by atoms with Gasteiger partial charge in [0.2, 0.25) is 0 Å². The van der Waals surface area contributed by atoms with Crippen LogP contribution in [0.15, 0.2) is 47.8 Å². The van der Waals surface area contributed by atoms with Gasteiger partial charge in [0, 0.05) is 17.5 Å². The zero-order chi connectivity index (χ0) is 14.4. The molecule has 2 aromatic rings. The molecule has 0 aliphatic heterocycles. The van der Waals surface area contributed by atoms with Crippen molar-refractivity contribution >= 4 is 21.5 Å². The Kier molecular flexibility index (Phi) is 5.31. The molecule has 0 aliphatic rings. The molecule has 20 heavy (non-hydrogen) atoms. The molecule has 0 spiro atoms. The van der Waals surface area contributed by atoms with Crippen molar-refractivity contribution in [1.82, 2.24) is 9.44 Å². The summed E-state index contributed by atoms with van der Waals surface area (Å²) in [5.74, 6) is 0. The van der Waals surface area contributed by atoms with Crippen LogP contribution in [0.25, 0.3) is 0 Å². The third kappa shape index (κ3) is 5.05. The molecule has 1 heterocycles. The zero-order valence-electron chi connectivity index (χ0n) is 11.2. The predicted molar refractivity (Wildman–Crippen MR) is 82.8 cm³/mol. The Bertz CT molecular complexity index is 610. The molecule has 0 fully saturated rings. The third-order valence-electron chi connectivity index (χ3n) is 2.75. The van der Waals surface area contributed by atoms with Gasteiger partial charge in [0.25, 0.3) is 10.2 Å². The maximum absolute atomic E-state index is 11.9. The van der Waals surface area contributed by atoms with Crippen molar-refractivity contribution in [1.29, 1.82) is 0 Å². The predicted octanol–water partition coefficient (Wildman–Crippen LogP) is 2.30. The van der Waals surface area contributed by atoms with Gasteiger partial charge in [0.15, 0.2) is 0 Å². The standard InChI is InChI=1S/C14H18N2O2S2/c1-12(10-14-8-5-9-19-14)16-20(17,18)15-11-13-6-3-2-4-7-13/h2-9,12,15-16H,10-11H2,1H3/t12-/m1/s1. The van der Waals surface area contributed by atoms with Gasteiger partial charge in [-0.2, -0.15) is 17.9 Å². The number of hydrogen-bond donors (Lipinski definition) is 2. The summed E-state index contributed by atoms with van der Waals surface area (Å²) in [6, 6.07) is 13.3. The van der Waals surface area contributed by atoms with Crippen LogP contribution in [-0.4, -0.2) is 14.5 Å². The molecule has 0 aliphatic carbocycles. The van der Waals surface area contributed by atoms with E-state index in [1.165, 1.54) is 4.88 Å². The topological polar surface area (TPSA) is 58.2 Å². The second-order valence-corrected chi connectivity index (χ2v) is 7.18. The first kappa shape index (κ1) is 15.2. The number of thiophene rings is 1. The lowest BCUT2D eigenvalue weighted by Crippen LogP contribution is -2.41. The molecule has 4 nitrogen and oxygen atoms in total.